The second-order valence-electron chi connectivity index (χ2n) is 9.55. The van der Waals surface area contributed by atoms with Crippen molar-refractivity contribution in [2.75, 3.05) is 19.6 Å². The third-order valence-electron chi connectivity index (χ3n) is 7.26. The first kappa shape index (κ1) is 26.2. The van der Waals surface area contributed by atoms with Crippen molar-refractivity contribution >= 4 is 11.8 Å². The van der Waals surface area contributed by atoms with E-state index in [2.05, 4.69) is 6.07 Å². The molecular formula is C23H25F6N5O2. The van der Waals surface area contributed by atoms with E-state index in [0.717, 1.165) is 0 Å². The number of halogens is 6. The molecule has 0 saturated carbocycles. The number of nitrogens with zero attached hydrogens (tertiary/aromatic N) is 4. The summed E-state index contributed by atoms with van der Waals surface area (Å²) >= 11 is 0. The van der Waals surface area contributed by atoms with E-state index in [1.165, 1.54) is 16.7 Å². The minimum atomic E-state index is -4.98. The lowest BCUT2D eigenvalue weighted by Gasteiger charge is -2.38. The number of amides is 2. The molecule has 7 nitrogen and oxygen atoms in total. The largest absolute Gasteiger partial charge is 0.416 e. The van der Waals surface area contributed by atoms with Gasteiger partial charge >= 0.3 is 12.4 Å². The number of nitrogens with two attached hydrogens (primary N) is 1. The van der Waals surface area contributed by atoms with Crippen LogP contribution in [0.15, 0.2) is 18.2 Å². The van der Waals surface area contributed by atoms with Crippen LogP contribution in [0.4, 0.5) is 26.3 Å². The van der Waals surface area contributed by atoms with E-state index < -0.39 is 59.6 Å². The lowest BCUT2D eigenvalue weighted by atomic mass is 9.98. The van der Waals surface area contributed by atoms with Gasteiger partial charge in [-0.25, -0.2) is 0 Å². The number of piperazine rings is 1. The first-order valence-corrected chi connectivity index (χ1v) is 11.5. The van der Waals surface area contributed by atoms with Crippen LogP contribution < -0.4 is 5.73 Å². The highest BCUT2D eigenvalue weighted by molar-refractivity contribution is 5.87. The van der Waals surface area contributed by atoms with E-state index in [1.54, 1.807) is 4.90 Å². The number of benzene rings is 1. The average Bonchev–Trinajstić information content (AvgIpc) is 3.51. The molecule has 3 fully saturated rings. The van der Waals surface area contributed by atoms with Gasteiger partial charge in [0.15, 0.2) is 0 Å². The summed E-state index contributed by atoms with van der Waals surface area (Å²) in [5.41, 5.74) is 2.97. The van der Waals surface area contributed by atoms with Crippen LogP contribution in [0.5, 0.6) is 0 Å². The summed E-state index contributed by atoms with van der Waals surface area (Å²) in [5, 5.41) is 9.20. The van der Waals surface area contributed by atoms with Crippen LogP contribution in [-0.2, 0) is 21.9 Å². The Hall–Kier alpha value is -2.85. The summed E-state index contributed by atoms with van der Waals surface area (Å²) < 4.78 is 79.7. The number of fused-ring (bicyclic) bond motifs is 2. The zero-order valence-electron chi connectivity index (χ0n) is 19.3. The average molecular weight is 517 g/mol. The highest BCUT2D eigenvalue weighted by Gasteiger charge is 2.52. The van der Waals surface area contributed by atoms with E-state index in [0.29, 0.717) is 37.9 Å². The van der Waals surface area contributed by atoms with Crippen LogP contribution in [-0.4, -0.2) is 70.3 Å². The Labute approximate surface area is 203 Å². The topological polar surface area (TPSA) is 93.7 Å². The van der Waals surface area contributed by atoms with Crippen LogP contribution in [0.25, 0.3) is 0 Å². The Morgan fingerprint density at radius 3 is 2.31 bits per heavy atom. The standard InChI is InChI=1S/C23H25F6N5O2/c1-12(13-5-14(22(24,25)26)7-15(6-13)23(27,28)29)34-17-8-19(21(34)36)32(10-17)11-18(31)20(35)33-4-2-3-16(33)9-30/h5-7,12,16-19H,2-4,8,10-11,31H2,1H3. The van der Waals surface area contributed by atoms with Gasteiger partial charge in [0.05, 0.1) is 35.3 Å². The summed E-state index contributed by atoms with van der Waals surface area (Å²) in [6, 6.07) is -0.208. The van der Waals surface area contributed by atoms with E-state index in [-0.39, 0.29) is 30.6 Å². The Bertz CT molecular complexity index is 1050. The molecule has 3 aliphatic rings. The lowest BCUT2D eigenvalue weighted by molar-refractivity contribution is -0.143. The number of hydrogen-bond donors (Lipinski definition) is 1. The molecule has 1 aromatic rings. The van der Waals surface area contributed by atoms with Gasteiger partial charge in [-0.3, -0.25) is 14.5 Å². The van der Waals surface area contributed by atoms with Crippen molar-refractivity contribution in [3.8, 4) is 6.07 Å². The molecular weight excluding hydrogens is 492 g/mol. The van der Waals surface area contributed by atoms with Gasteiger partial charge in [-0.05, 0) is 49.9 Å². The number of rotatable bonds is 5. The molecule has 2 N–H and O–H groups in total. The van der Waals surface area contributed by atoms with Crippen molar-refractivity contribution < 1.29 is 35.9 Å². The Balaban J connectivity index is 1.49. The monoisotopic (exact) mass is 517 g/mol. The smallest absolute Gasteiger partial charge is 0.330 e. The molecule has 36 heavy (non-hydrogen) atoms. The fourth-order valence-electron chi connectivity index (χ4n) is 5.49. The second-order valence-corrected chi connectivity index (χ2v) is 9.55. The Morgan fingerprint density at radius 2 is 1.78 bits per heavy atom. The molecule has 0 spiro atoms. The zero-order chi connectivity index (χ0) is 26.6. The Kier molecular flexibility index (Phi) is 6.72. The Morgan fingerprint density at radius 1 is 1.17 bits per heavy atom. The fraction of sp³-hybridized carbons (Fsp3) is 0.609. The van der Waals surface area contributed by atoms with E-state index in [9.17, 15) is 41.2 Å². The summed E-state index contributed by atoms with van der Waals surface area (Å²) in [7, 11) is 0. The van der Waals surface area contributed by atoms with Gasteiger partial charge in [-0.2, -0.15) is 31.6 Å². The lowest BCUT2D eigenvalue weighted by Crippen LogP contribution is -2.56. The second kappa shape index (κ2) is 9.23. The molecule has 1 aromatic carbocycles. The van der Waals surface area contributed by atoms with Crippen LogP contribution >= 0.6 is 0 Å². The number of hydrogen-bond acceptors (Lipinski definition) is 5. The predicted molar refractivity (Wildman–Crippen MR) is 114 cm³/mol. The predicted octanol–water partition coefficient (Wildman–Crippen LogP) is 2.91. The molecule has 13 heteroatoms. The molecule has 2 amide bonds. The minimum absolute atomic E-state index is 0.0599. The number of nitriles is 1. The number of carbonyl (C=O) groups excluding carboxylic acids is 2. The van der Waals surface area contributed by atoms with Gasteiger partial charge in [-0.15, -0.1) is 0 Å². The quantitative estimate of drug-likeness (QED) is 0.607. The molecule has 4 rings (SSSR count). The van der Waals surface area contributed by atoms with Crippen molar-refractivity contribution in [1.29, 1.82) is 5.26 Å². The molecule has 2 bridgehead atoms. The highest BCUT2D eigenvalue weighted by atomic mass is 19.4. The third kappa shape index (κ3) is 4.76. The number of carbonyl (C=O) groups is 2. The normalized spacial score (nSPS) is 26.4. The van der Waals surface area contributed by atoms with Gasteiger partial charge in [0.1, 0.15) is 6.04 Å². The number of alkyl halides is 6. The van der Waals surface area contributed by atoms with Gasteiger partial charge in [0.25, 0.3) is 0 Å². The number of likely N-dealkylation sites (tertiary alicyclic amines) is 3. The zero-order valence-corrected chi connectivity index (χ0v) is 19.3. The molecule has 0 aliphatic carbocycles. The molecule has 3 heterocycles. The molecule has 5 unspecified atom stereocenters. The minimum Gasteiger partial charge on any atom is -0.330 e. The summed E-state index contributed by atoms with van der Waals surface area (Å²) in [6.45, 7) is 2.18. The van der Waals surface area contributed by atoms with Gasteiger partial charge < -0.3 is 15.5 Å². The van der Waals surface area contributed by atoms with Crippen molar-refractivity contribution in [2.45, 2.75) is 68.7 Å². The molecule has 196 valence electrons. The summed E-state index contributed by atoms with van der Waals surface area (Å²) in [5.74, 6) is -0.816. The molecule has 3 aliphatic heterocycles. The summed E-state index contributed by atoms with van der Waals surface area (Å²) in [4.78, 5) is 30.3. The summed E-state index contributed by atoms with van der Waals surface area (Å²) in [6.07, 6.45) is -8.37. The molecule has 0 radical (unpaired) electrons. The maximum absolute atomic E-state index is 13.3. The van der Waals surface area contributed by atoms with E-state index in [1.807, 2.05) is 0 Å². The molecule has 5 atom stereocenters. The molecule has 3 saturated heterocycles. The SMILES string of the molecule is CC(c1cc(C(F)(F)F)cc(C(F)(F)F)c1)N1C(=O)C2CC1CN2CC(N)C(=O)N1CCCC1C#N. The first-order valence-electron chi connectivity index (χ1n) is 11.5. The van der Waals surface area contributed by atoms with Crippen LogP contribution in [0.2, 0.25) is 0 Å². The van der Waals surface area contributed by atoms with E-state index >= 15 is 0 Å². The molecule has 0 aromatic heterocycles. The van der Waals surface area contributed by atoms with Gasteiger partial charge in [0, 0.05) is 25.7 Å². The van der Waals surface area contributed by atoms with Crippen molar-refractivity contribution in [3.05, 3.63) is 34.9 Å². The fourth-order valence-corrected chi connectivity index (χ4v) is 5.49. The van der Waals surface area contributed by atoms with Crippen LogP contribution in [0.3, 0.4) is 0 Å². The van der Waals surface area contributed by atoms with Crippen molar-refractivity contribution in [1.82, 2.24) is 14.7 Å². The third-order valence-corrected chi connectivity index (χ3v) is 7.26. The highest BCUT2D eigenvalue weighted by Crippen LogP contribution is 2.42. The van der Waals surface area contributed by atoms with Crippen LogP contribution in [0, 0.1) is 11.3 Å². The van der Waals surface area contributed by atoms with E-state index in [4.69, 9.17) is 5.73 Å². The van der Waals surface area contributed by atoms with Crippen molar-refractivity contribution in [3.63, 3.8) is 0 Å². The maximum atomic E-state index is 13.3. The maximum Gasteiger partial charge on any atom is 0.416 e. The first-order chi connectivity index (χ1) is 16.7. The van der Waals surface area contributed by atoms with Crippen molar-refractivity contribution in [2.24, 2.45) is 5.73 Å². The van der Waals surface area contributed by atoms with Gasteiger partial charge in [-0.1, -0.05) is 0 Å². The van der Waals surface area contributed by atoms with Gasteiger partial charge in [0.2, 0.25) is 11.8 Å². The van der Waals surface area contributed by atoms with Crippen LogP contribution in [0.1, 0.15) is 48.9 Å².